The van der Waals surface area contributed by atoms with Crippen LogP contribution in [-0.4, -0.2) is 23.0 Å². The van der Waals surface area contributed by atoms with Crippen molar-refractivity contribution in [2.45, 2.75) is 98.2 Å². The van der Waals surface area contributed by atoms with Crippen LogP contribution < -0.4 is 5.19 Å². The van der Waals surface area contributed by atoms with Gasteiger partial charge in [-0.25, -0.2) is 4.98 Å². The average Bonchev–Trinajstić information content (AvgIpc) is 3.46. The number of aromatic nitrogens is 3. The van der Waals surface area contributed by atoms with Gasteiger partial charge in [0.1, 0.15) is 0 Å². The molecule has 0 saturated carbocycles. The molecular weight excluding hydrogens is 783 g/mol. The maximum absolute atomic E-state index is 6.22. The molecule has 0 unspecified atom stereocenters. The van der Waals surface area contributed by atoms with Crippen molar-refractivity contribution in [2.75, 3.05) is 0 Å². The quantitative estimate of drug-likeness (QED) is 0.113. The number of nitrogens with zero attached hydrogens (tertiary/aromatic N) is 3. The summed E-state index contributed by atoms with van der Waals surface area (Å²) in [4.78, 5) is 14.0. The van der Waals surface area contributed by atoms with Crippen molar-refractivity contribution in [3.63, 3.8) is 0 Å². The van der Waals surface area contributed by atoms with Crippen LogP contribution in [0.5, 0.6) is 0 Å². The molecule has 0 N–H and O–H groups in total. The predicted octanol–water partition coefficient (Wildman–Crippen LogP) is 11.3. The fraction of sp³-hybridized carbons (Fsp3) is 0.357. The van der Waals surface area contributed by atoms with E-state index in [4.69, 9.17) is 9.40 Å². The molecule has 0 aliphatic heterocycles. The van der Waals surface area contributed by atoms with E-state index in [1.807, 2.05) is 36.5 Å². The van der Waals surface area contributed by atoms with Crippen molar-refractivity contribution in [3.8, 4) is 22.5 Å². The number of rotatable bonds is 8. The molecule has 2 aromatic carbocycles. The Kier molecular flexibility index (Phi) is 12.0. The van der Waals surface area contributed by atoms with Crippen LogP contribution in [0, 0.1) is 12.1 Å². The first-order valence-corrected chi connectivity index (χ1v) is 20.5. The Morgan fingerprint density at radius 2 is 1.56 bits per heavy atom. The van der Waals surface area contributed by atoms with Crippen LogP contribution in [0.1, 0.15) is 90.0 Å². The third-order valence-electron chi connectivity index (χ3n) is 9.54. The molecule has 0 aliphatic carbocycles. The molecule has 6 rings (SSSR count). The molecular formula is C42H49IrN3OSi-2. The minimum Gasteiger partial charge on any atom is -0.486 e. The van der Waals surface area contributed by atoms with Gasteiger partial charge in [0.2, 0.25) is 5.71 Å². The van der Waals surface area contributed by atoms with Gasteiger partial charge in [0.25, 0.3) is 0 Å². The molecule has 0 atom stereocenters. The zero-order valence-electron chi connectivity index (χ0n) is 30.2. The summed E-state index contributed by atoms with van der Waals surface area (Å²) in [6.07, 6.45) is 6.18. The second kappa shape index (κ2) is 15.4. The molecule has 0 saturated heterocycles. The third kappa shape index (κ3) is 7.88. The molecule has 4 nitrogen and oxygen atoms in total. The number of hydrogen-bond donors (Lipinski definition) is 0. The fourth-order valence-corrected chi connectivity index (χ4v) is 7.70. The molecule has 0 spiro atoms. The summed E-state index contributed by atoms with van der Waals surface area (Å²) in [5, 5.41) is 3.58. The topological polar surface area (TPSA) is 51.8 Å². The fourth-order valence-electron chi connectivity index (χ4n) is 6.02. The summed E-state index contributed by atoms with van der Waals surface area (Å²) < 4.78 is 6.22. The van der Waals surface area contributed by atoms with E-state index in [9.17, 15) is 0 Å². The van der Waals surface area contributed by atoms with Crippen LogP contribution in [0.15, 0.2) is 83.5 Å². The summed E-state index contributed by atoms with van der Waals surface area (Å²) in [7, 11) is -1.34. The summed E-state index contributed by atoms with van der Waals surface area (Å²) in [5.74, 6) is 0.898. The maximum atomic E-state index is 6.22. The standard InChI is InChI=1S/C25H27N2O.C17H22NSi.Ir/c1-6-25(5,7-2)17-13-14-26-22(15-17)20-10-8-9-18-19-11-12-21(16(3)4)27-24(19)28-23(18)20;1-13(2)15-11-16(14-9-7-6-8-10-14)18-12-17(15)19(3,4)5;/h8-9,11-16H,6-7H2,1-5H3;6-9,11-13H,1-5H3;/q2*-1;. The van der Waals surface area contributed by atoms with Crippen molar-refractivity contribution in [3.05, 3.63) is 108 Å². The second-order valence-corrected chi connectivity index (χ2v) is 19.5. The summed E-state index contributed by atoms with van der Waals surface area (Å²) in [6, 6.07) is 29.4. The molecule has 4 aromatic heterocycles. The normalized spacial score (nSPS) is 11.9. The van der Waals surface area contributed by atoms with Crippen LogP contribution in [0.3, 0.4) is 0 Å². The van der Waals surface area contributed by atoms with E-state index < -0.39 is 8.07 Å². The maximum Gasteiger partial charge on any atom is 0.216 e. The first-order chi connectivity index (χ1) is 22.4. The number of fused-ring (bicyclic) bond motifs is 3. The van der Waals surface area contributed by atoms with Crippen molar-refractivity contribution in [1.29, 1.82) is 0 Å². The van der Waals surface area contributed by atoms with E-state index in [1.165, 1.54) is 16.3 Å². The summed E-state index contributed by atoms with van der Waals surface area (Å²) in [5.41, 5.74) is 9.35. The van der Waals surface area contributed by atoms with E-state index in [0.29, 0.717) is 17.5 Å². The van der Waals surface area contributed by atoms with Crippen LogP contribution in [0.2, 0.25) is 19.6 Å². The van der Waals surface area contributed by atoms with Crippen LogP contribution in [0.25, 0.3) is 44.6 Å². The van der Waals surface area contributed by atoms with E-state index in [0.717, 1.165) is 57.4 Å². The Hall–Kier alpha value is -3.44. The number of furan rings is 1. The second-order valence-electron chi connectivity index (χ2n) is 14.5. The van der Waals surface area contributed by atoms with Crippen LogP contribution in [-0.2, 0) is 25.5 Å². The Morgan fingerprint density at radius 1 is 0.812 bits per heavy atom. The largest absolute Gasteiger partial charge is 0.486 e. The van der Waals surface area contributed by atoms with E-state index in [-0.39, 0.29) is 25.5 Å². The van der Waals surface area contributed by atoms with Gasteiger partial charge in [0.05, 0.1) is 13.7 Å². The van der Waals surface area contributed by atoms with Gasteiger partial charge in [0.15, 0.2) is 0 Å². The van der Waals surface area contributed by atoms with E-state index >= 15 is 0 Å². The van der Waals surface area contributed by atoms with E-state index in [1.54, 1.807) is 0 Å². The Balaban J connectivity index is 0.000000228. The van der Waals surface area contributed by atoms with Crippen LogP contribution in [0.4, 0.5) is 0 Å². The van der Waals surface area contributed by atoms with Gasteiger partial charge < -0.3 is 14.4 Å². The van der Waals surface area contributed by atoms with Crippen LogP contribution >= 0.6 is 0 Å². The number of hydrogen-bond acceptors (Lipinski definition) is 4. The predicted molar refractivity (Wildman–Crippen MR) is 201 cm³/mol. The minimum absolute atomic E-state index is 0. The van der Waals surface area contributed by atoms with Crippen molar-refractivity contribution >= 4 is 35.3 Å². The van der Waals surface area contributed by atoms with Gasteiger partial charge in [-0.05, 0) is 70.4 Å². The molecule has 0 bridgehead atoms. The Labute approximate surface area is 302 Å². The number of benzene rings is 2. The first-order valence-electron chi connectivity index (χ1n) is 17.0. The van der Waals surface area contributed by atoms with Gasteiger partial charge >= 0.3 is 0 Å². The molecule has 4 heterocycles. The first kappa shape index (κ1) is 37.4. The zero-order valence-corrected chi connectivity index (χ0v) is 33.6. The van der Waals surface area contributed by atoms with Gasteiger partial charge in [-0.3, -0.25) is 0 Å². The van der Waals surface area contributed by atoms with Gasteiger partial charge in [0, 0.05) is 43.6 Å². The molecule has 253 valence electrons. The molecule has 6 heteroatoms. The SMILES string of the molecule is CC(C)c1cc(-c2[c-]cccc2)ncc1[Si](C)(C)C.CCC(C)(CC)c1ccnc(-c2[c-]ccc3c2oc2nc(C(C)C)ccc23)c1.[Ir]. The summed E-state index contributed by atoms with van der Waals surface area (Å²) in [6.45, 7) is 22.7. The van der Waals surface area contributed by atoms with Crippen molar-refractivity contribution in [2.24, 2.45) is 0 Å². The Bertz CT molecular complexity index is 1970. The number of pyridine rings is 3. The van der Waals surface area contributed by atoms with E-state index in [2.05, 4.69) is 133 Å². The average molecular weight is 832 g/mol. The van der Waals surface area contributed by atoms with Crippen molar-refractivity contribution < 1.29 is 24.5 Å². The van der Waals surface area contributed by atoms with Gasteiger partial charge in [-0.15, -0.1) is 54.1 Å². The molecule has 0 aliphatic rings. The third-order valence-corrected chi connectivity index (χ3v) is 11.6. The molecule has 0 fully saturated rings. The summed E-state index contributed by atoms with van der Waals surface area (Å²) >= 11 is 0. The van der Waals surface area contributed by atoms with Gasteiger partial charge in [-0.1, -0.05) is 96.8 Å². The minimum atomic E-state index is -1.34. The molecule has 0 amide bonds. The molecule has 1 radical (unpaired) electrons. The zero-order chi connectivity index (χ0) is 33.9. The monoisotopic (exact) mass is 832 g/mol. The Morgan fingerprint density at radius 3 is 2.19 bits per heavy atom. The van der Waals surface area contributed by atoms with Crippen molar-refractivity contribution in [1.82, 2.24) is 15.0 Å². The molecule has 48 heavy (non-hydrogen) atoms. The smallest absolute Gasteiger partial charge is 0.216 e. The van der Waals surface area contributed by atoms with Gasteiger partial charge in [-0.2, -0.15) is 0 Å². The molecule has 6 aromatic rings.